The van der Waals surface area contributed by atoms with Gasteiger partial charge in [0.15, 0.2) is 6.10 Å². The minimum Gasteiger partial charge on any atom is -0.496 e. The highest BCUT2D eigenvalue weighted by atomic mass is 16.5. The molecule has 0 saturated heterocycles. The van der Waals surface area contributed by atoms with E-state index in [9.17, 15) is 9.59 Å². The smallest absolute Gasteiger partial charge is 0.265 e. The number of carbonyl (C=O) groups excluding carboxylic acids is 2. The largest absolute Gasteiger partial charge is 0.496 e. The molecular formula is C23H22N2O4. The van der Waals surface area contributed by atoms with Crippen molar-refractivity contribution < 1.29 is 19.1 Å². The quantitative estimate of drug-likeness (QED) is 0.629. The van der Waals surface area contributed by atoms with Gasteiger partial charge in [0, 0.05) is 11.4 Å². The van der Waals surface area contributed by atoms with E-state index in [1.807, 2.05) is 30.3 Å². The standard InChI is InChI=1S/C23H22N2O4/c1-16(22(26)24-17-8-4-3-5-9-17)29-19-14-12-18(13-15-19)25-23(27)20-10-6-7-11-21(20)28-2/h3-16H,1-2H3,(H,24,26)(H,25,27)/t16-/m1/s1. The second-order valence-corrected chi connectivity index (χ2v) is 6.29. The molecule has 0 aliphatic carbocycles. The van der Waals surface area contributed by atoms with Crippen molar-refractivity contribution in [3.8, 4) is 11.5 Å². The highest BCUT2D eigenvalue weighted by molar-refractivity contribution is 6.06. The van der Waals surface area contributed by atoms with Crippen LogP contribution in [0.25, 0.3) is 0 Å². The van der Waals surface area contributed by atoms with Crippen molar-refractivity contribution >= 4 is 23.2 Å². The number of hydrogen-bond acceptors (Lipinski definition) is 4. The summed E-state index contributed by atoms with van der Waals surface area (Å²) in [5.74, 6) is 0.510. The van der Waals surface area contributed by atoms with E-state index < -0.39 is 6.10 Å². The molecule has 0 aromatic heterocycles. The summed E-state index contributed by atoms with van der Waals surface area (Å²) < 4.78 is 10.9. The van der Waals surface area contributed by atoms with Crippen molar-refractivity contribution in [3.05, 3.63) is 84.4 Å². The van der Waals surface area contributed by atoms with Gasteiger partial charge in [-0.05, 0) is 55.5 Å². The summed E-state index contributed by atoms with van der Waals surface area (Å²) in [6, 6.07) is 23.0. The number of hydrogen-bond donors (Lipinski definition) is 2. The molecule has 3 aromatic rings. The zero-order valence-electron chi connectivity index (χ0n) is 16.2. The SMILES string of the molecule is COc1ccccc1C(=O)Nc1ccc(O[C@H](C)C(=O)Nc2ccccc2)cc1. The zero-order chi connectivity index (χ0) is 20.6. The fourth-order valence-corrected chi connectivity index (χ4v) is 2.67. The average Bonchev–Trinajstić information content (AvgIpc) is 2.75. The molecule has 3 aromatic carbocycles. The number of rotatable bonds is 7. The average molecular weight is 390 g/mol. The zero-order valence-corrected chi connectivity index (χ0v) is 16.2. The maximum absolute atomic E-state index is 12.4. The minimum atomic E-state index is -0.677. The van der Waals surface area contributed by atoms with Crippen LogP contribution in [0.15, 0.2) is 78.9 Å². The molecule has 0 saturated carbocycles. The van der Waals surface area contributed by atoms with Crippen LogP contribution in [0.4, 0.5) is 11.4 Å². The van der Waals surface area contributed by atoms with E-state index in [4.69, 9.17) is 9.47 Å². The first-order chi connectivity index (χ1) is 14.1. The van der Waals surface area contributed by atoms with Crippen molar-refractivity contribution in [1.29, 1.82) is 0 Å². The Bertz CT molecular complexity index is 972. The van der Waals surface area contributed by atoms with Crippen LogP contribution in [-0.2, 0) is 4.79 Å². The summed E-state index contributed by atoms with van der Waals surface area (Å²) >= 11 is 0. The van der Waals surface area contributed by atoms with Crippen molar-refractivity contribution in [2.75, 3.05) is 17.7 Å². The Kier molecular flexibility index (Phi) is 6.47. The summed E-state index contributed by atoms with van der Waals surface area (Å²) in [4.78, 5) is 24.7. The van der Waals surface area contributed by atoms with Gasteiger partial charge in [0.25, 0.3) is 11.8 Å². The topological polar surface area (TPSA) is 76.7 Å². The highest BCUT2D eigenvalue weighted by Gasteiger charge is 2.15. The Labute approximate surface area is 169 Å². The van der Waals surface area contributed by atoms with Gasteiger partial charge < -0.3 is 20.1 Å². The van der Waals surface area contributed by atoms with Crippen molar-refractivity contribution in [2.45, 2.75) is 13.0 Å². The molecule has 0 aliphatic rings. The summed E-state index contributed by atoms with van der Waals surface area (Å²) in [7, 11) is 1.52. The maximum atomic E-state index is 12.4. The number of methoxy groups -OCH3 is 1. The molecule has 0 bridgehead atoms. The third-order valence-corrected chi connectivity index (χ3v) is 4.19. The Morgan fingerprint density at radius 3 is 2.10 bits per heavy atom. The predicted octanol–water partition coefficient (Wildman–Crippen LogP) is 4.35. The van der Waals surface area contributed by atoms with Crippen LogP contribution in [-0.4, -0.2) is 25.0 Å². The fourth-order valence-electron chi connectivity index (χ4n) is 2.67. The van der Waals surface area contributed by atoms with Gasteiger partial charge in [0.1, 0.15) is 11.5 Å². The van der Waals surface area contributed by atoms with E-state index in [0.29, 0.717) is 28.4 Å². The molecule has 2 N–H and O–H groups in total. The van der Waals surface area contributed by atoms with Crippen LogP contribution < -0.4 is 20.1 Å². The fraction of sp³-hybridized carbons (Fsp3) is 0.130. The van der Waals surface area contributed by atoms with Crippen LogP contribution in [0, 0.1) is 0 Å². The van der Waals surface area contributed by atoms with Gasteiger partial charge in [-0.2, -0.15) is 0 Å². The molecule has 3 rings (SSSR count). The number of amides is 2. The lowest BCUT2D eigenvalue weighted by atomic mass is 10.2. The lowest BCUT2D eigenvalue weighted by molar-refractivity contribution is -0.122. The molecule has 148 valence electrons. The van der Waals surface area contributed by atoms with E-state index in [1.165, 1.54) is 7.11 Å². The molecule has 0 radical (unpaired) electrons. The summed E-state index contributed by atoms with van der Waals surface area (Å²) in [5.41, 5.74) is 1.76. The van der Waals surface area contributed by atoms with Crippen molar-refractivity contribution in [2.24, 2.45) is 0 Å². The van der Waals surface area contributed by atoms with Gasteiger partial charge >= 0.3 is 0 Å². The number of nitrogens with one attached hydrogen (secondary N) is 2. The van der Waals surface area contributed by atoms with Crippen LogP contribution in [0.5, 0.6) is 11.5 Å². The molecule has 0 unspecified atom stereocenters. The number of para-hydroxylation sites is 2. The molecule has 2 amide bonds. The van der Waals surface area contributed by atoms with Gasteiger partial charge in [-0.15, -0.1) is 0 Å². The van der Waals surface area contributed by atoms with E-state index in [2.05, 4.69) is 10.6 Å². The molecule has 0 heterocycles. The molecule has 29 heavy (non-hydrogen) atoms. The number of benzene rings is 3. The third-order valence-electron chi connectivity index (χ3n) is 4.19. The normalized spacial score (nSPS) is 11.2. The molecular weight excluding hydrogens is 368 g/mol. The molecule has 1 atom stereocenters. The lowest BCUT2D eigenvalue weighted by Crippen LogP contribution is -2.30. The van der Waals surface area contributed by atoms with Gasteiger partial charge in [0.05, 0.1) is 12.7 Å². The number of ether oxygens (including phenoxy) is 2. The van der Waals surface area contributed by atoms with Gasteiger partial charge in [-0.1, -0.05) is 30.3 Å². The first kappa shape index (κ1) is 19.9. The molecule has 6 nitrogen and oxygen atoms in total. The maximum Gasteiger partial charge on any atom is 0.265 e. The summed E-state index contributed by atoms with van der Waals surface area (Å²) in [6.07, 6.45) is -0.677. The molecule has 6 heteroatoms. The summed E-state index contributed by atoms with van der Waals surface area (Å²) in [6.45, 7) is 1.68. The molecule has 0 fully saturated rings. The monoisotopic (exact) mass is 390 g/mol. The van der Waals surface area contributed by atoms with Crippen LogP contribution in [0.3, 0.4) is 0 Å². The van der Waals surface area contributed by atoms with Gasteiger partial charge in [-0.3, -0.25) is 9.59 Å². The predicted molar refractivity (Wildman–Crippen MR) is 113 cm³/mol. The van der Waals surface area contributed by atoms with E-state index in [1.54, 1.807) is 55.5 Å². The van der Waals surface area contributed by atoms with Crippen LogP contribution >= 0.6 is 0 Å². The van der Waals surface area contributed by atoms with Crippen LogP contribution in [0.2, 0.25) is 0 Å². The van der Waals surface area contributed by atoms with E-state index in [-0.39, 0.29) is 11.8 Å². The first-order valence-corrected chi connectivity index (χ1v) is 9.14. The Balaban J connectivity index is 1.58. The lowest BCUT2D eigenvalue weighted by Gasteiger charge is -2.15. The van der Waals surface area contributed by atoms with Crippen LogP contribution in [0.1, 0.15) is 17.3 Å². The highest BCUT2D eigenvalue weighted by Crippen LogP contribution is 2.21. The molecule has 0 spiro atoms. The third kappa shape index (κ3) is 5.35. The Morgan fingerprint density at radius 2 is 1.41 bits per heavy atom. The second-order valence-electron chi connectivity index (χ2n) is 6.29. The number of anilines is 2. The minimum absolute atomic E-state index is 0.246. The Morgan fingerprint density at radius 1 is 0.793 bits per heavy atom. The summed E-state index contributed by atoms with van der Waals surface area (Å²) in [5, 5.41) is 5.61. The van der Waals surface area contributed by atoms with Gasteiger partial charge in [0.2, 0.25) is 0 Å². The van der Waals surface area contributed by atoms with Crippen molar-refractivity contribution in [1.82, 2.24) is 0 Å². The molecule has 0 aliphatic heterocycles. The van der Waals surface area contributed by atoms with Gasteiger partial charge in [-0.25, -0.2) is 0 Å². The van der Waals surface area contributed by atoms with E-state index in [0.717, 1.165) is 0 Å². The van der Waals surface area contributed by atoms with E-state index >= 15 is 0 Å². The number of carbonyl (C=O) groups is 2. The first-order valence-electron chi connectivity index (χ1n) is 9.14. The van der Waals surface area contributed by atoms with Crippen molar-refractivity contribution in [3.63, 3.8) is 0 Å². The second kappa shape index (κ2) is 9.41. The Hall–Kier alpha value is -3.80.